The highest BCUT2D eigenvalue weighted by Crippen LogP contribution is 2.27. The third-order valence-corrected chi connectivity index (χ3v) is 10.5. The summed E-state index contributed by atoms with van der Waals surface area (Å²) < 4.78 is 0. The van der Waals surface area contributed by atoms with Crippen LogP contribution < -0.4 is 10.6 Å². The van der Waals surface area contributed by atoms with Crippen molar-refractivity contribution in [3.63, 3.8) is 0 Å². The molecule has 0 bridgehead atoms. The molecule has 0 spiro atoms. The number of rotatable bonds is 19. The number of piperidine rings is 1. The van der Waals surface area contributed by atoms with Gasteiger partial charge in [-0.05, 0) is 70.8 Å². The van der Waals surface area contributed by atoms with Gasteiger partial charge in [0.05, 0.1) is 12.1 Å². The summed E-state index contributed by atoms with van der Waals surface area (Å²) in [5, 5.41) is 6.24. The first-order valence-electron chi connectivity index (χ1n) is 19.7. The van der Waals surface area contributed by atoms with Crippen molar-refractivity contribution >= 4 is 23.6 Å². The van der Waals surface area contributed by atoms with Gasteiger partial charge in [0, 0.05) is 31.8 Å². The zero-order valence-corrected chi connectivity index (χ0v) is 33.0. The average Bonchev–Trinajstić information content (AvgIpc) is 3.55. The molecule has 282 valence electrons. The van der Waals surface area contributed by atoms with Gasteiger partial charge >= 0.3 is 0 Å². The van der Waals surface area contributed by atoms with E-state index in [0.29, 0.717) is 25.1 Å². The molecule has 0 saturated carbocycles. The van der Waals surface area contributed by atoms with Crippen LogP contribution in [0.1, 0.15) is 152 Å². The van der Waals surface area contributed by atoms with Crippen LogP contribution >= 0.6 is 0 Å². The summed E-state index contributed by atoms with van der Waals surface area (Å²) in [4.78, 5) is 60.4. The van der Waals surface area contributed by atoms with Crippen molar-refractivity contribution in [3.8, 4) is 0 Å². The topological polar surface area (TPSA) is 102 Å². The summed E-state index contributed by atoms with van der Waals surface area (Å²) >= 11 is 0. The van der Waals surface area contributed by atoms with Gasteiger partial charge in [-0.25, -0.2) is 0 Å². The van der Waals surface area contributed by atoms with Crippen molar-refractivity contribution in [1.82, 2.24) is 25.3 Å². The second-order valence-electron chi connectivity index (χ2n) is 16.5. The minimum absolute atomic E-state index is 0.0248. The van der Waals surface area contributed by atoms with Gasteiger partial charge in [-0.15, -0.1) is 0 Å². The van der Waals surface area contributed by atoms with Crippen LogP contribution in [0, 0.1) is 11.3 Å². The standard InChI is InChI=1S/C40H73N5O4/c1-11-12-13-14-15-16-17-18-20-25-41-36(46)32-24-22-27-45(32)38(48)31(6)28-34(29(2)3)43(10)39(49)35(40(7,8)9)42-37(47)33-23-19-21-26-44(33)30(4)5/h28-30,32-35H,11-27H2,1-10H3,(H,41,46)(H,42,47)/t32-,33+,34+,35+/m0/s1. The molecule has 2 N–H and O–H groups in total. The van der Waals surface area contributed by atoms with E-state index in [4.69, 9.17) is 0 Å². The minimum atomic E-state index is -0.718. The molecule has 0 aromatic heterocycles. The summed E-state index contributed by atoms with van der Waals surface area (Å²) in [5.74, 6) is -0.452. The molecule has 2 aliphatic rings. The third-order valence-electron chi connectivity index (χ3n) is 10.5. The van der Waals surface area contributed by atoms with Crippen molar-refractivity contribution in [2.45, 2.75) is 182 Å². The molecule has 0 aromatic carbocycles. The van der Waals surface area contributed by atoms with Crippen molar-refractivity contribution < 1.29 is 19.2 Å². The van der Waals surface area contributed by atoms with Crippen molar-refractivity contribution in [2.24, 2.45) is 11.3 Å². The summed E-state index contributed by atoms with van der Waals surface area (Å²) in [7, 11) is 1.77. The Hall–Kier alpha value is -2.42. The number of likely N-dealkylation sites (N-methyl/N-ethyl adjacent to an activating group) is 1. The summed E-state index contributed by atoms with van der Waals surface area (Å²) in [6, 6.07) is -1.53. The van der Waals surface area contributed by atoms with E-state index in [-0.39, 0.29) is 47.7 Å². The largest absolute Gasteiger partial charge is 0.354 e. The van der Waals surface area contributed by atoms with E-state index < -0.39 is 17.5 Å². The Labute approximate surface area is 299 Å². The lowest BCUT2D eigenvalue weighted by atomic mass is 9.84. The van der Waals surface area contributed by atoms with E-state index in [0.717, 1.165) is 45.1 Å². The van der Waals surface area contributed by atoms with Gasteiger partial charge in [0.25, 0.3) is 0 Å². The predicted molar refractivity (Wildman–Crippen MR) is 201 cm³/mol. The number of hydrogen-bond acceptors (Lipinski definition) is 5. The Bertz CT molecular complexity index is 1080. The predicted octanol–water partition coefficient (Wildman–Crippen LogP) is 6.85. The zero-order valence-electron chi connectivity index (χ0n) is 33.0. The highest BCUT2D eigenvalue weighted by Gasteiger charge is 2.40. The first-order chi connectivity index (χ1) is 23.1. The fourth-order valence-electron chi connectivity index (χ4n) is 7.44. The van der Waals surface area contributed by atoms with Crippen molar-refractivity contribution in [3.05, 3.63) is 11.6 Å². The zero-order chi connectivity index (χ0) is 36.7. The van der Waals surface area contributed by atoms with Crippen LogP contribution in [0.2, 0.25) is 0 Å². The Morgan fingerprint density at radius 2 is 1.41 bits per heavy atom. The number of nitrogens with one attached hydrogen (secondary N) is 2. The number of unbranched alkanes of at least 4 members (excludes halogenated alkanes) is 8. The Morgan fingerprint density at radius 1 is 0.816 bits per heavy atom. The molecule has 2 fully saturated rings. The number of carbonyl (C=O) groups is 4. The maximum Gasteiger partial charge on any atom is 0.249 e. The highest BCUT2D eigenvalue weighted by atomic mass is 16.2. The molecule has 4 amide bonds. The molecule has 0 unspecified atom stereocenters. The molecular weight excluding hydrogens is 614 g/mol. The second-order valence-corrected chi connectivity index (χ2v) is 16.5. The second kappa shape index (κ2) is 21.1. The van der Waals surface area contributed by atoms with Gasteiger partial charge in [0.2, 0.25) is 23.6 Å². The van der Waals surface area contributed by atoms with Gasteiger partial charge < -0.3 is 20.4 Å². The van der Waals surface area contributed by atoms with Gasteiger partial charge in [-0.1, -0.05) is 105 Å². The fraction of sp³-hybridized carbons (Fsp3) is 0.850. The van der Waals surface area contributed by atoms with Crippen LogP contribution in [-0.2, 0) is 19.2 Å². The van der Waals surface area contributed by atoms with Gasteiger partial charge in [0.1, 0.15) is 12.1 Å². The third kappa shape index (κ3) is 13.3. The summed E-state index contributed by atoms with van der Waals surface area (Å²) in [6.45, 7) is 20.4. The lowest BCUT2D eigenvalue weighted by Gasteiger charge is -2.41. The van der Waals surface area contributed by atoms with Crippen LogP contribution in [0.5, 0.6) is 0 Å². The fourth-order valence-corrected chi connectivity index (χ4v) is 7.44. The minimum Gasteiger partial charge on any atom is -0.354 e. The molecule has 2 heterocycles. The van der Waals surface area contributed by atoms with E-state index in [1.165, 1.54) is 44.9 Å². The van der Waals surface area contributed by atoms with Gasteiger partial charge in [-0.2, -0.15) is 0 Å². The van der Waals surface area contributed by atoms with Crippen LogP contribution in [0.3, 0.4) is 0 Å². The maximum atomic E-state index is 14.2. The molecule has 2 saturated heterocycles. The lowest BCUT2D eigenvalue weighted by Crippen LogP contribution is -2.60. The number of carbonyl (C=O) groups excluding carboxylic acids is 4. The molecule has 2 rings (SSSR count). The molecular formula is C40H73N5O4. The molecule has 2 aliphatic heterocycles. The van der Waals surface area contributed by atoms with Crippen LogP contribution in [0.25, 0.3) is 0 Å². The lowest BCUT2D eigenvalue weighted by molar-refractivity contribution is -0.142. The van der Waals surface area contributed by atoms with E-state index in [2.05, 4.69) is 36.3 Å². The van der Waals surface area contributed by atoms with Gasteiger partial charge in [0.15, 0.2) is 0 Å². The maximum absolute atomic E-state index is 14.2. The molecule has 4 atom stereocenters. The van der Waals surface area contributed by atoms with E-state index in [1.54, 1.807) is 23.8 Å². The number of likely N-dealkylation sites (tertiary alicyclic amines) is 2. The SMILES string of the molecule is CCCCCCCCCCCNC(=O)[C@@H]1CCCN1C(=O)C(C)=C[C@H](C(C)C)N(C)C(=O)[C@@H](NC(=O)[C@H]1CCCCN1C(C)C)C(C)(C)C. The Morgan fingerprint density at radius 3 is 1.98 bits per heavy atom. The van der Waals surface area contributed by atoms with E-state index in [1.807, 2.05) is 40.7 Å². The first-order valence-corrected chi connectivity index (χ1v) is 19.7. The number of amides is 4. The molecule has 0 radical (unpaired) electrons. The summed E-state index contributed by atoms with van der Waals surface area (Å²) in [5.41, 5.74) is 0.0156. The molecule has 49 heavy (non-hydrogen) atoms. The Balaban J connectivity index is 2.04. The highest BCUT2D eigenvalue weighted by molar-refractivity contribution is 5.97. The van der Waals surface area contributed by atoms with E-state index in [9.17, 15) is 19.2 Å². The molecule has 0 aliphatic carbocycles. The number of hydrogen-bond donors (Lipinski definition) is 2. The molecule has 9 heteroatoms. The monoisotopic (exact) mass is 688 g/mol. The quantitative estimate of drug-likeness (QED) is 0.114. The van der Waals surface area contributed by atoms with Crippen LogP contribution in [0.4, 0.5) is 0 Å². The number of nitrogens with zero attached hydrogens (tertiary/aromatic N) is 3. The normalized spacial score (nSPS) is 20.4. The van der Waals surface area contributed by atoms with E-state index >= 15 is 0 Å². The van der Waals surface area contributed by atoms with Crippen molar-refractivity contribution in [1.29, 1.82) is 0 Å². The average molecular weight is 688 g/mol. The van der Waals surface area contributed by atoms with Crippen LogP contribution in [-0.4, -0.2) is 95.2 Å². The smallest absolute Gasteiger partial charge is 0.249 e. The Kier molecular flexibility index (Phi) is 18.4. The molecule has 9 nitrogen and oxygen atoms in total. The summed E-state index contributed by atoms with van der Waals surface area (Å²) in [6.07, 6.45) is 17.3. The van der Waals surface area contributed by atoms with Crippen LogP contribution in [0.15, 0.2) is 11.6 Å². The molecule has 0 aromatic rings. The first kappa shape index (κ1) is 42.7. The van der Waals surface area contributed by atoms with Gasteiger partial charge in [-0.3, -0.25) is 24.1 Å². The van der Waals surface area contributed by atoms with Crippen molar-refractivity contribution in [2.75, 3.05) is 26.7 Å².